The molecule has 0 fully saturated rings. The summed E-state index contributed by atoms with van der Waals surface area (Å²) in [5.74, 6) is 0.684. The van der Waals surface area contributed by atoms with E-state index in [2.05, 4.69) is 188 Å². The Morgan fingerprint density at radius 2 is 0.730 bits per heavy atom. The Bertz CT molecular complexity index is 3800. The first-order valence-electron chi connectivity index (χ1n) is 21.1. The van der Waals surface area contributed by atoms with Crippen molar-refractivity contribution >= 4 is 85.0 Å². The zero-order valence-corrected chi connectivity index (χ0v) is 35.4. The van der Waals surface area contributed by atoms with Gasteiger partial charge in [0.2, 0.25) is 0 Å². The predicted molar refractivity (Wildman–Crippen MR) is 268 cm³/mol. The highest BCUT2D eigenvalue weighted by atomic mass is 32.1. The van der Waals surface area contributed by atoms with Crippen molar-refractivity contribution in [2.24, 2.45) is 0 Å². The van der Waals surface area contributed by atoms with Gasteiger partial charge >= 0.3 is 0 Å². The SMILES string of the molecule is c1ccc(-c2nc(-c3cccc(-c4ccc5oc6ccccc6c5c4)c3)cc(-c3cc(-c4ccc5sc6ccccc6c5c4)cc(-c4ccc5sc6ccccc6c5c4)c3)n2)cc1. The monoisotopic (exact) mass is 838 g/mol. The first-order valence-corrected chi connectivity index (χ1v) is 22.7. The molecule has 5 heteroatoms. The molecule has 0 aliphatic heterocycles. The third-order valence-corrected chi connectivity index (χ3v) is 14.6. The third-order valence-electron chi connectivity index (χ3n) is 12.3. The van der Waals surface area contributed by atoms with Gasteiger partial charge < -0.3 is 4.42 Å². The van der Waals surface area contributed by atoms with Crippen molar-refractivity contribution < 1.29 is 4.42 Å². The maximum absolute atomic E-state index is 6.17. The Hall–Kier alpha value is -7.70. The first-order chi connectivity index (χ1) is 31.1. The second-order valence-electron chi connectivity index (χ2n) is 16.1. The molecule has 13 rings (SSSR count). The minimum Gasteiger partial charge on any atom is -0.456 e. The molecule has 0 aliphatic rings. The summed E-state index contributed by atoms with van der Waals surface area (Å²) in [5, 5.41) is 7.37. The van der Waals surface area contributed by atoms with E-state index in [0.29, 0.717) is 5.82 Å². The standard InChI is InChI=1S/C58H34N2OS2/c1-2-11-35(12-3-1)58-59-50(40-14-10-13-36(27-40)37-21-24-53-47(31-37)44-15-4-7-18-52(44)61-53)34-51(60-58)43-29-41(38-22-25-56-48(32-38)45-16-5-8-19-54(45)62-56)28-42(30-43)39-23-26-57-49(33-39)46-17-6-9-20-55(46)63-57/h1-34H. The topological polar surface area (TPSA) is 38.9 Å². The Balaban J connectivity index is 1.00. The van der Waals surface area contributed by atoms with Crippen molar-refractivity contribution in [3.05, 3.63) is 206 Å². The van der Waals surface area contributed by atoms with E-state index in [0.717, 1.165) is 72.3 Å². The summed E-state index contributed by atoms with van der Waals surface area (Å²) >= 11 is 3.70. The Morgan fingerprint density at radius 3 is 1.43 bits per heavy atom. The number of furan rings is 1. The van der Waals surface area contributed by atoms with Gasteiger partial charge in [0.25, 0.3) is 0 Å². The van der Waals surface area contributed by atoms with Gasteiger partial charge in [0.1, 0.15) is 11.2 Å². The minimum atomic E-state index is 0.684. The van der Waals surface area contributed by atoms with Crippen LogP contribution in [0.5, 0.6) is 0 Å². The van der Waals surface area contributed by atoms with Crippen molar-refractivity contribution in [3.8, 4) is 67.3 Å². The first kappa shape index (κ1) is 36.0. The number of nitrogens with zero attached hydrogens (tertiary/aromatic N) is 2. The maximum atomic E-state index is 6.17. The number of fused-ring (bicyclic) bond motifs is 9. The quantitative estimate of drug-likeness (QED) is 0.167. The molecule has 9 aromatic carbocycles. The van der Waals surface area contributed by atoms with Gasteiger partial charge in [-0.3, -0.25) is 0 Å². The zero-order chi connectivity index (χ0) is 41.4. The summed E-state index contributed by atoms with van der Waals surface area (Å²) in [5.41, 5.74) is 13.4. The number of hydrogen-bond donors (Lipinski definition) is 0. The molecule has 294 valence electrons. The number of thiophene rings is 2. The molecule has 0 saturated carbocycles. The van der Waals surface area contributed by atoms with Gasteiger partial charge in [-0.1, -0.05) is 121 Å². The van der Waals surface area contributed by atoms with Crippen LogP contribution < -0.4 is 0 Å². The largest absolute Gasteiger partial charge is 0.456 e. The molecular weight excluding hydrogens is 805 g/mol. The number of aromatic nitrogens is 2. The van der Waals surface area contributed by atoms with Crippen LogP contribution in [0.4, 0.5) is 0 Å². The molecule has 0 unspecified atom stereocenters. The van der Waals surface area contributed by atoms with Crippen LogP contribution in [0.2, 0.25) is 0 Å². The lowest BCUT2D eigenvalue weighted by Gasteiger charge is -2.14. The molecule has 0 saturated heterocycles. The molecular formula is C58H34N2OS2. The highest BCUT2D eigenvalue weighted by Gasteiger charge is 2.17. The molecule has 0 amide bonds. The van der Waals surface area contributed by atoms with Crippen LogP contribution in [0, 0.1) is 0 Å². The zero-order valence-electron chi connectivity index (χ0n) is 33.7. The summed E-state index contributed by atoms with van der Waals surface area (Å²) in [4.78, 5) is 10.6. The minimum absolute atomic E-state index is 0.684. The van der Waals surface area contributed by atoms with Gasteiger partial charge in [-0.15, -0.1) is 22.7 Å². The lowest BCUT2D eigenvalue weighted by molar-refractivity contribution is 0.669. The van der Waals surface area contributed by atoms with E-state index in [4.69, 9.17) is 14.4 Å². The summed E-state index contributed by atoms with van der Waals surface area (Å²) in [6.07, 6.45) is 0. The van der Waals surface area contributed by atoms with Crippen LogP contribution in [0.15, 0.2) is 211 Å². The van der Waals surface area contributed by atoms with Crippen LogP contribution in [0.25, 0.3) is 130 Å². The van der Waals surface area contributed by atoms with Gasteiger partial charge in [0, 0.05) is 67.8 Å². The number of rotatable bonds is 6. The maximum Gasteiger partial charge on any atom is 0.160 e. The van der Waals surface area contributed by atoms with Crippen LogP contribution >= 0.6 is 22.7 Å². The molecule has 0 atom stereocenters. The fraction of sp³-hybridized carbons (Fsp3) is 0. The Kier molecular flexibility index (Phi) is 8.26. The van der Waals surface area contributed by atoms with Crippen LogP contribution in [0.1, 0.15) is 0 Å². The molecule has 63 heavy (non-hydrogen) atoms. The van der Waals surface area contributed by atoms with E-state index in [1.54, 1.807) is 0 Å². The molecule has 0 radical (unpaired) electrons. The van der Waals surface area contributed by atoms with E-state index >= 15 is 0 Å². The van der Waals surface area contributed by atoms with Crippen LogP contribution in [0.3, 0.4) is 0 Å². The second kappa shape index (κ2) is 14.5. The fourth-order valence-electron chi connectivity index (χ4n) is 9.14. The van der Waals surface area contributed by atoms with E-state index in [1.165, 1.54) is 51.5 Å². The summed E-state index contributed by atoms with van der Waals surface area (Å²) in [7, 11) is 0. The number of benzene rings is 9. The molecule has 4 heterocycles. The highest BCUT2D eigenvalue weighted by Crippen LogP contribution is 2.42. The molecule has 0 N–H and O–H groups in total. The van der Waals surface area contributed by atoms with Gasteiger partial charge in [0.05, 0.1) is 11.4 Å². The lowest BCUT2D eigenvalue weighted by atomic mass is 9.93. The molecule has 0 spiro atoms. The van der Waals surface area contributed by atoms with Crippen molar-refractivity contribution in [2.75, 3.05) is 0 Å². The van der Waals surface area contributed by atoms with Crippen molar-refractivity contribution in [1.82, 2.24) is 9.97 Å². The summed E-state index contributed by atoms with van der Waals surface area (Å²) < 4.78 is 11.4. The molecule has 3 nitrogen and oxygen atoms in total. The third kappa shape index (κ3) is 6.24. The molecule has 0 bridgehead atoms. The van der Waals surface area contributed by atoms with Crippen molar-refractivity contribution in [3.63, 3.8) is 0 Å². The lowest BCUT2D eigenvalue weighted by Crippen LogP contribution is -1.97. The van der Waals surface area contributed by atoms with E-state index in [1.807, 2.05) is 40.9 Å². The second-order valence-corrected chi connectivity index (χ2v) is 18.3. The van der Waals surface area contributed by atoms with Crippen molar-refractivity contribution in [2.45, 2.75) is 0 Å². The molecule has 0 aliphatic carbocycles. The van der Waals surface area contributed by atoms with Gasteiger partial charge in [0.15, 0.2) is 5.82 Å². The van der Waals surface area contributed by atoms with E-state index < -0.39 is 0 Å². The Morgan fingerprint density at radius 1 is 0.270 bits per heavy atom. The van der Waals surface area contributed by atoms with E-state index in [9.17, 15) is 0 Å². The molecule has 4 aromatic heterocycles. The van der Waals surface area contributed by atoms with Gasteiger partial charge in [-0.2, -0.15) is 0 Å². The number of para-hydroxylation sites is 1. The molecule has 13 aromatic rings. The predicted octanol–water partition coefficient (Wildman–Crippen LogP) is 17.1. The smallest absolute Gasteiger partial charge is 0.160 e. The average Bonchev–Trinajstić information content (AvgIpc) is 4.04. The van der Waals surface area contributed by atoms with Crippen molar-refractivity contribution in [1.29, 1.82) is 0 Å². The Labute approximate surface area is 370 Å². The highest BCUT2D eigenvalue weighted by molar-refractivity contribution is 7.26. The van der Waals surface area contributed by atoms with E-state index in [-0.39, 0.29) is 0 Å². The summed E-state index contributed by atoms with van der Waals surface area (Å²) in [6.45, 7) is 0. The summed E-state index contributed by atoms with van der Waals surface area (Å²) in [6, 6.07) is 74.1. The number of hydrogen-bond acceptors (Lipinski definition) is 5. The van der Waals surface area contributed by atoms with Crippen LogP contribution in [-0.2, 0) is 0 Å². The fourth-order valence-corrected chi connectivity index (χ4v) is 11.3. The average molecular weight is 839 g/mol. The van der Waals surface area contributed by atoms with Gasteiger partial charge in [-0.05, 0) is 118 Å². The van der Waals surface area contributed by atoms with Gasteiger partial charge in [-0.25, -0.2) is 9.97 Å². The van der Waals surface area contributed by atoms with Crippen LogP contribution in [-0.4, -0.2) is 9.97 Å². The normalized spacial score (nSPS) is 11.8.